The Hall–Kier alpha value is -2.53. The van der Waals surface area contributed by atoms with Crippen molar-refractivity contribution in [2.24, 2.45) is 5.73 Å². The second-order valence-electron chi connectivity index (χ2n) is 8.25. The van der Waals surface area contributed by atoms with Crippen molar-refractivity contribution in [2.75, 3.05) is 0 Å². The highest BCUT2D eigenvalue weighted by atomic mass is 35.5. The summed E-state index contributed by atoms with van der Waals surface area (Å²) in [6.07, 6.45) is 3.11. The van der Waals surface area contributed by atoms with Gasteiger partial charge in [-0.3, -0.25) is 4.79 Å². The molecule has 0 heterocycles. The lowest BCUT2D eigenvalue weighted by Crippen LogP contribution is -2.44. The number of halogens is 2. The molecule has 32 heavy (non-hydrogen) atoms. The van der Waals surface area contributed by atoms with Gasteiger partial charge in [-0.15, -0.1) is 0 Å². The zero-order chi connectivity index (χ0) is 22.7. The van der Waals surface area contributed by atoms with Crippen LogP contribution in [0.1, 0.15) is 41.1 Å². The van der Waals surface area contributed by atoms with Crippen molar-refractivity contribution in [3.05, 3.63) is 93.0 Å². The first-order valence-electron chi connectivity index (χ1n) is 10.8. The standard InChI is InChI=1S/C26H26Cl2N2O2/c1-16-12-22(27)21(23(28)13-16)15-24(29)26(31)30-25-9-5-6-17-10-11-19(14-20(17)25)32-18-7-3-2-4-8-18/h2-4,7-8,10-14,24-25H,5-6,9,15,29H2,1H3,(H,30,31). The summed E-state index contributed by atoms with van der Waals surface area (Å²) in [5.74, 6) is 1.31. The quantitative estimate of drug-likeness (QED) is 0.455. The van der Waals surface area contributed by atoms with E-state index in [9.17, 15) is 4.79 Å². The molecule has 0 radical (unpaired) electrons. The summed E-state index contributed by atoms with van der Waals surface area (Å²) in [6.45, 7) is 1.92. The molecule has 3 N–H and O–H groups in total. The van der Waals surface area contributed by atoms with Crippen molar-refractivity contribution in [2.45, 2.75) is 44.7 Å². The molecule has 166 valence electrons. The molecule has 0 saturated carbocycles. The van der Waals surface area contributed by atoms with Crippen LogP contribution in [0, 0.1) is 6.92 Å². The largest absolute Gasteiger partial charge is 0.457 e. The van der Waals surface area contributed by atoms with Gasteiger partial charge >= 0.3 is 0 Å². The second-order valence-corrected chi connectivity index (χ2v) is 9.06. The minimum Gasteiger partial charge on any atom is -0.457 e. The van der Waals surface area contributed by atoms with E-state index in [1.807, 2.05) is 61.5 Å². The van der Waals surface area contributed by atoms with Crippen LogP contribution in [0.15, 0.2) is 60.7 Å². The van der Waals surface area contributed by atoms with E-state index >= 15 is 0 Å². The zero-order valence-electron chi connectivity index (χ0n) is 17.9. The van der Waals surface area contributed by atoms with Crippen molar-refractivity contribution >= 4 is 29.1 Å². The molecule has 0 bridgehead atoms. The second kappa shape index (κ2) is 9.95. The lowest BCUT2D eigenvalue weighted by atomic mass is 9.87. The fourth-order valence-electron chi connectivity index (χ4n) is 4.13. The van der Waals surface area contributed by atoms with Gasteiger partial charge in [0.15, 0.2) is 0 Å². The molecular weight excluding hydrogens is 443 g/mol. The SMILES string of the molecule is Cc1cc(Cl)c(CC(N)C(=O)NC2CCCc3ccc(Oc4ccccc4)cc32)c(Cl)c1. The summed E-state index contributed by atoms with van der Waals surface area (Å²) in [6, 6.07) is 18.5. The highest BCUT2D eigenvalue weighted by Gasteiger charge is 2.25. The number of carbonyl (C=O) groups is 1. The molecule has 6 heteroatoms. The molecule has 0 fully saturated rings. The smallest absolute Gasteiger partial charge is 0.237 e. The zero-order valence-corrected chi connectivity index (χ0v) is 19.4. The molecule has 0 spiro atoms. The van der Waals surface area contributed by atoms with Gasteiger partial charge in [0, 0.05) is 10.0 Å². The van der Waals surface area contributed by atoms with E-state index in [1.54, 1.807) is 0 Å². The Morgan fingerprint density at radius 1 is 1.09 bits per heavy atom. The number of fused-ring (bicyclic) bond motifs is 1. The fourth-order valence-corrected chi connectivity index (χ4v) is 4.88. The number of amides is 1. The van der Waals surface area contributed by atoms with Crippen LogP contribution in [0.25, 0.3) is 0 Å². The van der Waals surface area contributed by atoms with Crippen LogP contribution < -0.4 is 15.8 Å². The van der Waals surface area contributed by atoms with Crippen molar-refractivity contribution in [1.82, 2.24) is 5.32 Å². The summed E-state index contributed by atoms with van der Waals surface area (Å²) in [5.41, 5.74) is 10.2. The van der Waals surface area contributed by atoms with Gasteiger partial charge in [-0.1, -0.05) is 47.5 Å². The van der Waals surface area contributed by atoms with Crippen molar-refractivity contribution in [3.8, 4) is 11.5 Å². The molecule has 0 aromatic heterocycles. The van der Waals surface area contributed by atoms with E-state index in [0.717, 1.165) is 41.9 Å². The summed E-state index contributed by atoms with van der Waals surface area (Å²) in [4.78, 5) is 12.9. The van der Waals surface area contributed by atoms with Crippen LogP contribution >= 0.6 is 23.2 Å². The molecule has 0 saturated heterocycles. The van der Waals surface area contributed by atoms with E-state index in [4.69, 9.17) is 33.7 Å². The Kier molecular flexibility index (Phi) is 7.04. The molecule has 1 aliphatic carbocycles. The van der Waals surface area contributed by atoms with E-state index in [-0.39, 0.29) is 18.4 Å². The Morgan fingerprint density at radius 2 is 1.81 bits per heavy atom. The van der Waals surface area contributed by atoms with Crippen LogP contribution in [-0.4, -0.2) is 11.9 Å². The molecule has 0 aliphatic heterocycles. The topological polar surface area (TPSA) is 64.4 Å². The van der Waals surface area contributed by atoms with E-state index in [1.165, 1.54) is 5.56 Å². The first kappa shape index (κ1) is 22.7. The first-order valence-corrected chi connectivity index (χ1v) is 11.5. The number of hydrogen-bond donors (Lipinski definition) is 2. The molecule has 4 nitrogen and oxygen atoms in total. The Labute approximate surface area is 198 Å². The van der Waals surface area contributed by atoms with Crippen LogP contribution in [-0.2, 0) is 17.6 Å². The Bertz CT molecular complexity index is 1100. The maximum Gasteiger partial charge on any atom is 0.237 e. The predicted octanol–water partition coefficient (Wildman–Crippen LogP) is 6.16. The summed E-state index contributed by atoms with van der Waals surface area (Å²) in [7, 11) is 0. The normalized spacial score (nSPS) is 16.2. The van der Waals surface area contributed by atoms with Gasteiger partial charge in [-0.2, -0.15) is 0 Å². The summed E-state index contributed by atoms with van der Waals surface area (Å²) >= 11 is 12.7. The van der Waals surface area contributed by atoms with E-state index < -0.39 is 6.04 Å². The summed E-state index contributed by atoms with van der Waals surface area (Å²) in [5, 5.41) is 4.19. The molecule has 3 aromatic rings. The molecule has 4 rings (SSSR count). The Morgan fingerprint density at radius 3 is 2.53 bits per heavy atom. The molecule has 3 aromatic carbocycles. The third kappa shape index (κ3) is 5.26. The third-order valence-electron chi connectivity index (χ3n) is 5.77. The summed E-state index contributed by atoms with van der Waals surface area (Å²) < 4.78 is 5.99. The highest BCUT2D eigenvalue weighted by Crippen LogP contribution is 2.34. The number of rotatable bonds is 6. The van der Waals surface area contributed by atoms with Crippen molar-refractivity contribution in [1.29, 1.82) is 0 Å². The predicted molar refractivity (Wildman–Crippen MR) is 130 cm³/mol. The van der Waals surface area contributed by atoms with Crippen molar-refractivity contribution in [3.63, 3.8) is 0 Å². The van der Waals surface area contributed by atoms with Gasteiger partial charge in [0.25, 0.3) is 0 Å². The number of nitrogens with one attached hydrogen (secondary N) is 1. The maximum absolute atomic E-state index is 12.9. The Balaban J connectivity index is 1.48. The number of aryl methyl sites for hydroxylation is 2. The minimum absolute atomic E-state index is 0.111. The number of para-hydroxylation sites is 1. The molecule has 2 unspecified atom stereocenters. The number of nitrogens with two attached hydrogens (primary N) is 1. The third-order valence-corrected chi connectivity index (χ3v) is 6.45. The molecule has 1 aliphatic rings. The van der Waals surface area contributed by atoms with Crippen LogP contribution in [0.2, 0.25) is 10.0 Å². The van der Waals surface area contributed by atoms with Gasteiger partial charge in [-0.25, -0.2) is 0 Å². The average molecular weight is 469 g/mol. The lowest BCUT2D eigenvalue weighted by molar-refractivity contribution is -0.123. The number of carbonyl (C=O) groups excluding carboxylic acids is 1. The van der Waals surface area contributed by atoms with Crippen LogP contribution in [0.4, 0.5) is 0 Å². The first-order chi connectivity index (χ1) is 15.4. The average Bonchev–Trinajstić information content (AvgIpc) is 2.77. The molecular formula is C26H26Cl2N2O2. The van der Waals surface area contributed by atoms with Gasteiger partial charge in [0.1, 0.15) is 11.5 Å². The lowest BCUT2D eigenvalue weighted by Gasteiger charge is -2.28. The fraction of sp³-hybridized carbons (Fsp3) is 0.269. The number of benzene rings is 3. The van der Waals surface area contributed by atoms with Gasteiger partial charge in [0.05, 0.1) is 12.1 Å². The van der Waals surface area contributed by atoms with Crippen molar-refractivity contribution < 1.29 is 9.53 Å². The van der Waals surface area contributed by atoms with Gasteiger partial charge in [0.2, 0.25) is 5.91 Å². The van der Waals surface area contributed by atoms with Gasteiger partial charge < -0.3 is 15.8 Å². The minimum atomic E-state index is -0.748. The number of hydrogen-bond acceptors (Lipinski definition) is 3. The maximum atomic E-state index is 12.9. The monoisotopic (exact) mass is 468 g/mol. The number of ether oxygens (including phenoxy) is 1. The van der Waals surface area contributed by atoms with Gasteiger partial charge in [-0.05, 0) is 91.3 Å². The van der Waals surface area contributed by atoms with Crippen LogP contribution in [0.3, 0.4) is 0 Å². The highest BCUT2D eigenvalue weighted by molar-refractivity contribution is 6.36. The van der Waals surface area contributed by atoms with Crippen LogP contribution in [0.5, 0.6) is 11.5 Å². The molecule has 2 atom stereocenters. The van der Waals surface area contributed by atoms with E-state index in [0.29, 0.717) is 15.6 Å². The molecule has 1 amide bonds. The van der Waals surface area contributed by atoms with E-state index in [2.05, 4.69) is 11.4 Å².